The van der Waals surface area contributed by atoms with Gasteiger partial charge in [0.1, 0.15) is 17.1 Å². The summed E-state index contributed by atoms with van der Waals surface area (Å²) >= 11 is 0. The van der Waals surface area contributed by atoms with Gasteiger partial charge in [-0.2, -0.15) is 4.31 Å². The van der Waals surface area contributed by atoms with Crippen molar-refractivity contribution in [2.45, 2.75) is 64.8 Å². The number of methoxy groups -OCH3 is 1. The van der Waals surface area contributed by atoms with Crippen LogP contribution in [0.5, 0.6) is 5.75 Å². The van der Waals surface area contributed by atoms with Crippen molar-refractivity contribution in [2.75, 3.05) is 32.1 Å². The molecule has 2 aliphatic rings. The second-order valence-corrected chi connectivity index (χ2v) is 12.9. The highest BCUT2D eigenvalue weighted by Crippen LogP contribution is 2.33. The van der Waals surface area contributed by atoms with E-state index in [9.17, 15) is 18.0 Å². The first-order valence-electron chi connectivity index (χ1n) is 14.3. The standard InChI is InChI=1S/C31H41N5O5S/c1-6-7-8-9-23-10-11-24(20-27(23)41-5)28-33-29(37)31(34-28)13-15-36(16-14-31)42(39,40)17-12-26-21(2)18-25(19-22(26)3)35(4)30(32)38/h10-12,17-20H,6-9,13-16H2,1-5H3,(H2,32,38)(H,33,34,37)/b17-12+. The van der Waals surface area contributed by atoms with Gasteiger partial charge in [0, 0.05) is 36.8 Å². The molecule has 1 saturated heterocycles. The Hall–Kier alpha value is -3.70. The predicted octanol–water partition coefficient (Wildman–Crippen LogP) is 4.27. The average Bonchev–Trinajstić information content (AvgIpc) is 3.27. The van der Waals surface area contributed by atoms with E-state index >= 15 is 0 Å². The van der Waals surface area contributed by atoms with Gasteiger partial charge in [0.25, 0.3) is 5.91 Å². The number of hydrogen-bond donors (Lipinski definition) is 2. The fraction of sp³-hybridized carbons (Fsp3) is 0.452. The highest BCUT2D eigenvalue weighted by atomic mass is 32.2. The lowest BCUT2D eigenvalue weighted by Crippen LogP contribution is -2.50. The predicted molar refractivity (Wildman–Crippen MR) is 166 cm³/mol. The van der Waals surface area contributed by atoms with Crippen molar-refractivity contribution in [3.05, 3.63) is 63.6 Å². The maximum atomic E-state index is 13.2. The molecule has 1 fully saturated rings. The van der Waals surface area contributed by atoms with Crippen LogP contribution in [-0.2, 0) is 21.2 Å². The van der Waals surface area contributed by atoms with Gasteiger partial charge in [-0.05, 0) is 86.1 Å². The summed E-state index contributed by atoms with van der Waals surface area (Å²) in [5.74, 6) is 1.06. The van der Waals surface area contributed by atoms with Gasteiger partial charge in [0.2, 0.25) is 10.0 Å². The van der Waals surface area contributed by atoms with Gasteiger partial charge < -0.3 is 15.8 Å². The van der Waals surface area contributed by atoms with E-state index in [1.165, 1.54) is 14.6 Å². The molecule has 2 heterocycles. The molecule has 2 aromatic carbocycles. The number of nitrogens with two attached hydrogens (primary N) is 1. The SMILES string of the molecule is CCCCCc1ccc(C2=NC3(CCN(S(=O)(=O)/C=C/c4c(C)cc(N(C)C(N)=O)cc4C)CC3)C(=O)N2)cc1OC. The van der Waals surface area contributed by atoms with E-state index in [1.807, 2.05) is 32.0 Å². The second kappa shape index (κ2) is 12.7. The first-order valence-corrected chi connectivity index (χ1v) is 15.8. The maximum absolute atomic E-state index is 13.2. The molecule has 0 saturated carbocycles. The third-order valence-corrected chi connectivity index (χ3v) is 9.77. The quantitative estimate of drug-likeness (QED) is 0.396. The van der Waals surface area contributed by atoms with E-state index in [0.717, 1.165) is 59.3 Å². The van der Waals surface area contributed by atoms with E-state index in [1.54, 1.807) is 32.4 Å². The molecular weight excluding hydrogens is 554 g/mol. The molecule has 11 heteroatoms. The van der Waals surface area contributed by atoms with E-state index in [4.69, 9.17) is 15.5 Å². The van der Waals surface area contributed by atoms with Crippen molar-refractivity contribution in [3.63, 3.8) is 0 Å². The van der Waals surface area contributed by atoms with Crippen LogP contribution in [0.3, 0.4) is 0 Å². The van der Waals surface area contributed by atoms with Crippen molar-refractivity contribution >= 4 is 39.6 Å². The Kier molecular flexibility index (Phi) is 9.42. The summed E-state index contributed by atoms with van der Waals surface area (Å²) in [6, 6.07) is 8.89. The molecule has 0 radical (unpaired) electrons. The molecule has 226 valence electrons. The third-order valence-electron chi connectivity index (χ3n) is 8.20. The molecule has 0 unspecified atom stereocenters. The van der Waals surface area contributed by atoms with Gasteiger partial charge >= 0.3 is 6.03 Å². The zero-order valence-electron chi connectivity index (χ0n) is 25.1. The summed E-state index contributed by atoms with van der Waals surface area (Å²) in [5.41, 5.74) is 9.31. The van der Waals surface area contributed by atoms with Crippen molar-refractivity contribution in [2.24, 2.45) is 10.7 Å². The molecule has 2 aromatic rings. The summed E-state index contributed by atoms with van der Waals surface area (Å²) in [4.78, 5) is 30.8. The van der Waals surface area contributed by atoms with Crippen molar-refractivity contribution in [1.82, 2.24) is 9.62 Å². The van der Waals surface area contributed by atoms with E-state index in [2.05, 4.69) is 12.2 Å². The lowest BCUT2D eigenvalue weighted by atomic mass is 9.89. The highest BCUT2D eigenvalue weighted by molar-refractivity contribution is 7.92. The first kappa shape index (κ1) is 31.2. The minimum atomic E-state index is -3.74. The zero-order chi connectivity index (χ0) is 30.7. The Balaban J connectivity index is 1.46. The number of sulfonamides is 1. The molecule has 0 atom stereocenters. The Bertz CT molecular complexity index is 1500. The maximum Gasteiger partial charge on any atom is 0.318 e. The van der Waals surface area contributed by atoms with Crippen LogP contribution in [0.2, 0.25) is 0 Å². The molecule has 3 amide bonds. The number of hydrogen-bond acceptors (Lipinski definition) is 6. The molecule has 1 spiro atoms. The van der Waals surface area contributed by atoms with Crippen LogP contribution >= 0.6 is 0 Å². The minimum Gasteiger partial charge on any atom is -0.496 e. The summed E-state index contributed by atoms with van der Waals surface area (Å²) in [6.45, 7) is 6.23. The number of aliphatic imine (C=N–C) groups is 1. The zero-order valence-corrected chi connectivity index (χ0v) is 25.9. The summed E-state index contributed by atoms with van der Waals surface area (Å²) in [6.07, 6.45) is 6.46. The number of amidine groups is 1. The number of piperidine rings is 1. The largest absolute Gasteiger partial charge is 0.496 e. The number of amides is 3. The molecule has 0 aliphatic carbocycles. The van der Waals surface area contributed by atoms with Gasteiger partial charge in [-0.15, -0.1) is 0 Å². The average molecular weight is 596 g/mol. The minimum absolute atomic E-state index is 0.177. The Labute approximate surface area is 248 Å². The van der Waals surface area contributed by atoms with Gasteiger partial charge in [0.05, 0.1) is 7.11 Å². The van der Waals surface area contributed by atoms with Gasteiger partial charge in [-0.3, -0.25) is 14.7 Å². The normalized spacial score (nSPS) is 17.0. The lowest BCUT2D eigenvalue weighted by Gasteiger charge is -2.34. The van der Waals surface area contributed by atoms with Crippen molar-refractivity contribution in [1.29, 1.82) is 0 Å². The monoisotopic (exact) mass is 595 g/mol. The molecule has 0 bridgehead atoms. The van der Waals surface area contributed by atoms with Crippen LogP contribution in [-0.4, -0.2) is 63.3 Å². The third kappa shape index (κ3) is 6.52. The Morgan fingerprint density at radius 1 is 1.17 bits per heavy atom. The number of nitrogens with one attached hydrogen (secondary N) is 1. The number of primary amides is 1. The first-order chi connectivity index (χ1) is 19.9. The smallest absolute Gasteiger partial charge is 0.318 e. The number of ether oxygens (including phenoxy) is 1. The number of rotatable bonds is 10. The van der Waals surface area contributed by atoms with Crippen LogP contribution in [0, 0.1) is 13.8 Å². The molecule has 2 aliphatic heterocycles. The van der Waals surface area contributed by atoms with E-state index in [0.29, 0.717) is 11.5 Å². The number of carbonyl (C=O) groups excluding carboxylic acids is 2. The number of anilines is 1. The number of benzene rings is 2. The number of unbranched alkanes of at least 4 members (excludes halogenated alkanes) is 2. The van der Waals surface area contributed by atoms with Crippen LogP contribution < -0.4 is 20.7 Å². The van der Waals surface area contributed by atoms with E-state index < -0.39 is 21.6 Å². The molecule has 3 N–H and O–H groups in total. The fourth-order valence-electron chi connectivity index (χ4n) is 5.54. The van der Waals surface area contributed by atoms with Crippen LogP contribution in [0.4, 0.5) is 10.5 Å². The number of nitrogens with zero attached hydrogens (tertiary/aromatic N) is 3. The molecular formula is C31H41N5O5S. The summed E-state index contributed by atoms with van der Waals surface area (Å²) < 4.78 is 33.5. The highest BCUT2D eigenvalue weighted by Gasteiger charge is 2.47. The van der Waals surface area contributed by atoms with Gasteiger partial charge in [0.15, 0.2) is 0 Å². The molecule has 4 rings (SSSR count). The summed E-state index contributed by atoms with van der Waals surface area (Å²) in [5, 5.41) is 4.13. The molecule has 0 aromatic heterocycles. The second-order valence-electron chi connectivity index (χ2n) is 11.1. The summed E-state index contributed by atoms with van der Waals surface area (Å²) in [7, 11) is -0.511. The van der Waals surface area contributed by atoms with Crippen LogP contribution in [0.1, 0.15) is 66.8 Å². The number of urea groups is 1. The Morgan fingerprint density at radius 2 is 1.83 bits per heavy atom. The molecule has 42 heavy (non-hydrogen) atoms. The van der Waals surface area contributed by atoms with Gasteiger partial charge in [-0.1, -0.05) is 31.9 Å². The van der Waals surface area contributed by atoms with Crippen molar-refractivity contribution in [3.8, 4) is 5.75 Å². The van der Waals surface area contributed by atoms with Crippen LogP contribution in [0.25, 0.3) is 6.08 Å². The lowest BCUT2D eigenvalue weighted by molar-refractivity contribution is -0.124. The topological polar surface area (TPSA) is 134 Å². The number of carbonyl (C=O) groups is 2. The fourth-order valence-corrected chi connectivity index (χ4v) is 6.71. The number of aryl methyl sites for hydroxylation is 3. The van der Waals surface area contributed by atoms with Crippen LogP contribution in [0.15, 0.2) is 40.7 Å². The van der Waals surface area contributed by atoms with Gasteiger partial charge in [-0.25, -0.2) is 13.2 Å². The Morgan fingerprint density at radius 3 is 2.43 bits per heavy atom. The van der Waals surface area contributed by atoms with Crippen molar-refractivity contribution < 1.29 is 22.7 Å². The molecule has 10 nitrogen and oxygen atoms in total. The van der Waals surface area contributed by atoms with E-state index in [-0.39, 0.29) is 31.8 Å².